The zero-order chi connectivity index (χ0) is 13.1. The quantitative estimate of drug-likeness (QED) is 0.712. The minimum Gasteiger partial charge on any atom is -0.475 e. The predicted molar refractivity (Wildman–Crippen MR) is 72.3 cm³/mol. The van der Waals surface area contributed by atoms with Crippen LogP contribution in [0.1, 0.15) is 26.3 Å². The highest BCUT2D eigenvalue weighted by Gasteiger charge is 2.42. The van der Waals surface area contributed by atoms with Gasteiger partial charge in [0, 0.05) is 17.8 Å². The van der Waals surface area contributed by atoms with Crippen molar-refractivity contribution in [1.82, 2.24) is 4.57 Å². The number of pyridine rings is 1. The van der Waals surface area contributed by atoms with E-state index in [-0.39, 0.29) is 16.9 Å². The standard InChI is InChI=1S/C15H17NO2/c1-9-15(2,3)12-13(17)10-7-5-6-8-11(10)16(4)14(12)18-9/h5-9H,1-4H3. The van der Waals surface area contributed by atoms with E-state index in [2.05, 4.69) is 13.8 Å². The first-order valence-corrected chi connectivity index (χ1v) is 6.23. The summed E-state index contributed by atoms with van der Waals surface area (Å²) in [5, 5.41) is 0.768. The molecule has 18 heavy (non-hydrogen) atoms. The summed E-state index contributed by atoms with van der Waals surface area (Å²) >= 11 is 0. The van der Waals surface area contributed by atoms with Gasteiger partial charge in [-0.25, -0.2) is 0 Å². The molecule has 1 aliphatic rings. The number of fused-ring (bicyclic) bond motifs is 2. The van der Waals surface area contributed by atoms with Gasteiger partial charge in [0.1, 0.15) is 6.10 Å². The van der Waals surface area contributed by atoms with Gasteiger partial charge < -0.3 is 9.30 Å². The van der Waals surface area contributed by atoms with Crippen LogP contribution in [0.15, 0.2) is 29.1 Å². The van der Waals surface area contributed by atoms with Crippen molar-refractivity contribution in [3.63, 3.8) is 0 Å². The lowest BCUT2D eigenvalue weighted by atomic mass is 9.82. The molecule has 1 unspecified atom stereocenters. The fourth-order valence-corrected chi connectivity index (χ4v) is 2.69. The molecule has 3 nitrogen and oxygen atoms in total. The largest absolute Gasteiger partial charge is 0.475 e. The SMILES string of the molecule is CC1Oc2c(c(=O)c3ccccc3n2C)C1(C)C. The van der Waals surface area contributed by atoms with Crippen molar-refractivity contribution in [2.75, 3.05) is 0 Å². The molecule has 0 radical (unpaired) electrons. The van der Waals surface area contributed by atoms with Crippen molar-refractivity contribution in [2.24, 2.45) is 7.05 Å². The molecule has 0 aliphatic carbocycles. The zero-order valence-electron chi connectivity index (χ0n) is 11.2. The van der Waals surface area contributed by atoms with Gasteiger partial charge in [0.05, 0.1) is 11.1 Å². The van der Waals surface area contributed by atoms with E-state index in [1.54, 1.807) is 0 Å². The van der Waals surface area contributed by atoms with Gasteiger partial charge in [-0.2, -0.15) is 0 Å². The molecule has 1 aromatic heterocycles. The van der Waals surface area contributed by atoms with Gasteiger partial charge in [-0.15, -0.1) is 0 Å². The third-order valence-electron chi connectivity index (χ3n) is 4.20. The lowest BCUT2D eigenvalue weighted by molar-refractivity contribution is 0.176. The molecular weight excluding hydrogens is 226 g/mol. The van der Waals surface area contributed by atoms with E-state index < -0.39 is 0 Å². The molecule has 0 fully saturated rings. The van der Waals surface area contributed by atoms with E-state index >= 15 is 0 Å². The molecule has 1 aromatic carbocycles. The summed E-state index contributed by atoms with van der Waals surface area (Å²) < 4.78 is 7.89. The van der Waals surface area contributed by atoms with E-state index in [1.807, 2.05) is 42.8 Å². The first-order chi connectivity index (χ1) is 8.44. The van der Waals surface area contributed by atoms with Gasteiger partial charge in [0.25, 0.3) is 0 Å². The minimum absolute atomic E-state index is 0.0169. The molecule has 2 heterocycles. The van der Waals surface area contributed by atoms with Crippen LogP contribution in [0, 0.1) is 0 Å². The van der Waals surface area contributed by atoms with Crippen LogP contribution in [0.5, 0.6) is 5.88 Å². The van der Waals surface area contributed by atoms with Crippen LogP contribution in [0.3, 0.4) is 0 Å². The number of hydrogen-bond donors (Lipinski definition) is 0. The molecular formula is C15H17NO2. The fourth-order valence-electron chi connectivity index (χ4n) is 2.69. The molecule has 2 aromatic rings. The van der Waals surface area contributed by atoms with Gasteiger partial charge in [0.2, 0.25) is 5.88 Å². The molecule has 3 rings (SSSR count). The number of benzene rings is 1. The summed E-state index contributed by atoms with van der Waals surface area (Å²) in [6.07, 6.45) is 0.0169. The highest BCUT2D eigenvalue weighted by molar-refractivity contribution is 5.81. The second-order valence-corrected chi connectivity index (χ2v) is 5.57. The number of hydrogen-bond acceptors (Lipinski definition) is 2. The van der Waals surface area contributed by atoms with Crippen molar-refractivity contribution in [1.29, 1.82) is 0 Å². The topological polar surface area (TPSA) is 31.2 Å². The Morgan fingerprint density at radius 3 is 2.67 bits per heavy atom. The summed E-state index contributed by atoms with van der Waals surface area (Å²) in [6, 6.07) is 7.69. The summed E-state index contributed by atoms with van der Waals surface area (Å²) in [5.41, 5.74) is 1.59. The Balaban J connectivity index is 2.52. The Morgan fingerprint density at radius 2 is 1.94 bits per heavy atom. The van der Waals surface area contributed by atoms with Gasteiger partial charge in [0.15, 0.2) is 5.43 Å². The van der Waals surface area contributed by atoms with Crippen molar-refractivity contribution in [3.05, 3.63) is 40.1 Å². The van der Waals surface area contributed by atoms with Crippen molar-refractivity contribution in [3.8, 4) is 5.88 Å². The number of aromatic nitrogens is 1. The molecule has 1 aliphatic heterocycles. The van der Waals surface area contributed by atoms with Crippen molar-refractivity contribution >= 4 is 10.9 Å². The van der Waals surface area contributed by atoms with Crippen LogP contribution >= 0.6 is 0 Å². The minimum atomic E-state index is -0.242. The molecule has 94 valence electrons. The Hall–Kier alpha value is -1.77. The molecule has 0 saturated carbocycles. The normalized spacial score (nSPS) is 20.8. The van der Waals surface area contributed by atoms with Gasteiger partial charge in [-0.3, -0.25) is 4.79 Å². The smallest absolute Gasteiger partial charge is 0.201 e. The molecule has 0 N–H and O–H groups in total. The highest BCUT2D eigenvalue weighted by atomic mass is 16.5. The van der Waals surface area contributed by atoms with Crippen molar-refractivity contribution < 1.29 is 4.74 Å². The molecule has 0 bridgehead atoms. The summed E-state index contributed by atoms with van der Waals surface area (Å²) in [7, 11) is 1.95. The fraction of sp³-hybridized carbons (Fsp3) is 0.400. The lowest BCUT2D eigenvalue weighted by Crippen LogP contribution is -2.32. The summed E-state index contributed by atoms with van der Waals surface area (Å²) in [4.78, 5) is 12.6. The van der Waals surface area contributed by atoms with Crippen LogP contribution < -0.4 is 10.2 Å². The average molecular weight is 243 g/mol. The van der Waals surface area contributed by atoms with E-state index in [4.69, 9.17) is 4.74 Å². The molecule has 0 amide bonds. The van der Waals surface area contributed by atoms with E-state index in [0.717, 1.165) is 22.3 Å². The van der Waals surface area contributed by atoms with Gasteiger partial charge >= 0.3 is 0 Å². The summed E-state index contributed by atoms with van der Waals surface area (Å²) in [6.45, 7) is 6.16. The molecule has 0 spiro atoms. The second-order valence-electron chi connectivity index (χ2n) is 5.57. The van der Waals surface area contributed by atoms with Gasteiger partial charge in [-0.1, -0.05) is 26.0 Å². The molecule has 3 heteroatoms. The van der Waals surface area contributed by atoms with Crippen LogP contribution in [0.2, 0.25) is 0 Å². The van der Waals surface area contributed by atoms with Crippen LogP contribution in [-0.4, -0.2) is 10.7 Å². The maximum Gasteiger partial charge on any atom is 0.201 e. The van der Waals surface area contributed by atoms with Crippen LogP contribution in [0.4, 0.5) is 0 Å². The lowest BCUT2D eigenvalue weighted by Gasteiger charge is -2.21. The van der Waals surface area contributed by atoms with Crippen molar-refractivity contribution in [2.45, 2.75) is 32.3 Å². The first kappa shape index (κ1) is 11.3. The van der Waals surface area contributed by atoms with Gasteiger partial charge in [-0.05, 0) is 19.1 Å². The van der Waals surface area contributed by atoms with Crippen LogP contribution in [-0.2, 0) is 12.5 Å². The van der Waals surface area contributed by atoms with E-state index in [1.165, 1.54) is 0 Å². The number of ether oxygens (including phenoxy) is 1. The Bertz CT molecular complexity index is 697. The third-order valence-corrected chi connectivity index (χ3v) is 4.20. The highest BCUT2D eigenvalue weighted by Crippen LogP contribution is 2.41. The number of nitrogens with zero attached hydrogens (tertiary/aromatic N) is 1. The maximum atomic E-state index is 12.6. The Labute approximate surface area is 106 Å². The monoisotopic (exact) mass is 243 g/mol. The second kappa shape index (κ2) is 3.37. The third kappa shape index (κ3) is 1.22. The number of para-hydroxylation sites is 1. The molecule has 1 atom stereocenters. The zero-order valence-corrected chi connectivity index (χ0v) is 11.2. The average Bonchev–Trinajstić information content (AvgIpc) is 2.58. The van der Waals surface area contributed by atoms with E-state index in [9.17, 15) is 4.79 Å². The molecule has 0 saturated heterocycles. The number of rotatable bonds is 0. The number of aryl methyl sites for hydroxylation is 1. The Kier molecular flexibility index (Phi) is 2.12. The maximum absolute atomic E-state index is 12.6. The van der Waals surface area contributed by atoms with Crippen LogP contribution in [0.25, 0.3) is 10.9 Å². The Morgan fingerprint density at radius 1 is 1.28 bits per heavy atom. The predicted octanol–water partition coefficient (Wildman–Crippen LogP) is 2.60. The first-order valence-electron chi connectivity index (χ1n) is 6.23. The van der Waals surface area contributed by atoms with E-state index in [0.29, 0.717) is 0 Å². The summed E-state index contributed by atoms with van der Waals surface area (Å²) in [5.74, 6) is 0.719.